The highest BCUT2D eigenvalue weighted by Crippen LogP contribution is 2.33. The van der Waals surface area contributed by atoms with E-state index in [1.165, 1.54) is 27.1 Å². The van der Waals surface area contributed by atoms with Crippen molar-refractivity contribution in [2.45, 2.75) is 38.1 Å². The number of hydrogen-bond acceptors (Lipinski definition) is 4. The molecule has 0 bridgehead atoms. The monoisotopic (exact) mass is 441 g/mol. The van der Waals surface area contributed by atoms with Crippen molar-refractivity contribution in [2.24, 2.45) is 0 Å². The average Bonchev–Trinajstić information content (AvgIpc) is 2.71. The van der Waals surface area contributed by atoms with Crippen molar-refractivity contribution in [3.05, 3.63) is 64.9 Å². The van der Waals surface area contributed by atoms with Gasteiger partial charge in [0.25, 0.3) is 0 Å². The summed E-state index contributed by atoms with van der Waals surface area (Å²) in [5.74, 6) is -0.460. The number of carbonyl (C=O) groups is 2. The van der Waals surface area contributed by atoms with Crippen LogP contribution in [0, 0.1) is 13.8 Å². The van der Waals surface area contributed by atoms with Crippen molar-refractivity contribution in [2.75, 3.05) is 19.4 Å². The van der Waals surface area contributed by atoms with E-state index >= 15 is 0 Å². The maximum absolute atomic E-state index is 13.0. The number of sulfonamides is 1. The molecule has 1 unspecified atom stereocenters. The Morgan fingerprint density at radius 1 is 1.13 bits per heavy atom. The summed E-state index contributed by atoms with van der Waals surface area (Å²) in [7, 11) is -0.711. The molecule has 8 heteroatoms. The first kappa shape index (κ1) is 22.7. The zero-order valence-electron chi connectivity index (χ0n) is 18.3. The fourth-order valence-electron chi connectivity index (χ4n) is 3.61. The van der Waals surface area contributed by atoms with Crippen LogP contribution in [0.2, 0.25) is 0 Å². The van der Waals surface area contributed by atoms with Crippen LogP contribution in [0.5, 0.6) is 0 Å². The molecule has 2 amide bonds. The molecule has 164 valence electrons. The number of nitrogens with zero attached hydrogens (tertiary/aromatic N) is 2. The van der Waals surface area contributed by atoms with E-state index in [4.69, 9.17) is 0 Å². The second kappa shape index (κ2) is 8.64. The molecule has 0 saturated heterocycles. The molecule has 31 heavy (non-hydrogen) atoms. The molecule has 0 spiro atoms. The zero-order valence-corrected chi connectivity index (χ0v) is 19.2. The fraction of sp³-hybridized carbons (Fsp3) is 0.304. The van der Waals surface area contributed by atoms with Gasteiger partial charge in [-0.05, 0) is 54.3 Å². The minimum atomic E-state index is -3.64. The Morgan fingerprint density at radius 3 is 2.45 bits per heavy atom. The number of fused-ring (bicyclic) bond motifs is 1. The van der Waals surface area contributed by atoms with Crippen molar-refractivity contribution in [1.82, 2.24) is 9.21 Å². The third kappa shape index (κ3) is 4.55. The van der Waals surface area contributed by atoms with Gasteiger partial charge in [-0.15, -0.1) is 0 Å². The predicted octanol–water partition coefficient (Wildman–Crippen LogP) is 3.46. The number of benzene rings is 2. The van der Waals surface area contributed by atoms with E-state index in [0.717, 1.165) is 26.6 Å². The van der Waals surface area contributed by atoms with Gasteiger partial charge >= 0.3 is 0 Å². The highest BCUT2D eigenvalue weighted by molar-refractivity contribution is 7.89. The van der Waals surface area contributed by atoms with E-state index in [2.05, 4.69) is 5.32 Å². The predicted molar refractivity (Wildman–Crippen MR) is 121 cm³/mol. The summed E-state index contributed by atoms with van der Waals surface area (Å²) in [5.41, 5.74) is 3.85. The SMILES string of the molecule is CC(=O)N1C=Cc2ccccc2C1CC(=O)Nc1cc(S(=O)(=O)N(C)C)cc(C)c1C. The lowest BCUT2D eigenvalue weighted by atomic mass is 9.93. The average molecular weight is 442 g/mol. The molecule has 0 fully saturated rings. The Bertz CT molecular complexity index is 1170. The van der Waals surface area contributed by atoms with E-state index in [1.807, 2.05) is 37.3 Å². The second-order valence-corrected chi connectivity index (χ2v) is 9.99. The van der Waals surface area contributed by atoms with Crippen molar-refractivity contribution >= 4 is 33.6 Å². The second-order valence-electron chi connectivity index (χ2n) is 7.84. The molecular formula is C23H27N3O4S. The quantitative estimate of drug-likeness (QED) is 0.770. The van der Waals surface area contributed by atoms with Gasteiger partial charge in [-0.1, -0.05) is 24.3 Å². The maximum atomic E-state index is 13.0. The molecule has 1 aliphatic rings. The van der Waals surface area contributed by atoms with Gasteiger partial charge in [-0.2, -0.15) is 0 Å². The standard InChI is InChI=1S/C23H27N3O4S/c1-15-12-19(31(29,30)25(4)5)13-21(16(15)2)24-23(28)14-22-20-9-7-6-8-18(20)10-11-26(22)17(3)27/h6-13,22H,14H2,1-5H3,(H,24,28). The van der Waals surface area contributed by atoms with E-state index in [-0.39, 0.29) is 23.1 Å². The fourth-order valence-corrected chi connectivity index (χ4v) is 4.62. The van der Waals surface area contributed by atoms with Gasteiger partial charge in [0.15, 0.2) is 0 Å². The van der Waals surface area contributed by atoms with Crippen LogP contribution >= 0.6 is 0 Å². The van der Waals surface area contributed by atoms with E-state index in [1.54, 1.807) is 24.1 Å². The van der Waals surface area contributed by atoms with Gasteiger partial charge in [-0.3, -0.25) is 9.59 Å². The number of carbonyl (C=O) groups excluding carboxylic acids is 2. The third-order valence-electron chi connectivity index (χ3n) is 5.54. The van der Waals surface area contributed by atoms with E-state index < -0.39 is 16.1 Å². The molecule has 0 aromatic heterocycles. The molecule has 1 heterocycles. The molecule has 2 aromatic rings. The van der Waals surface area contributed by atoms with Crippen molar-refractivity contribution in [1.29, 1.82) is 0 Å². The zero-order chi connectivity index (χ0) is 22.9. The first-order valence-electron chi connectivity index (χ1n) is 9.92. The van der Waals surface area contributed by atoms with E-state index in [0.29, 0.717) is 5.69 Å². The molecule has 2 aromatic carbocycles. The van der Waals surface area contributed by atoms with Crippen LogP contribution in [0.25, 0.3) is 6.08 Å². The lowest BCUT2D eigenvalue weighted by Gasteiger charge is -2.32. The minimum Gasteiger partial charge on any atom is -0.326 e. The van der Waals surface area contributed by atoms with Crippen LogP contribution in [0.4, 0.5) is 5.69 Å². The van der Waals surface area contributed by atoms with Crippen molar-refractivity contribution in [3.8, 4) is 0 Å². The lowest BCUT2D eigenvalue weighted by molar-refractivity contribution is -0.129. The number of aryl methyl sites for hydroxylation is 1. The Kier molecular flexibility index (Phi) is 6.33. The first-order chi connectivity index (χ1) is 14.5. The van der Waals surface area contributed by atoms with Crippen LogP contribution in [0.3, 0.4) is 0 Å². The van der Waals surface area contributed by atoms with Gasteiger partial charge in [-0.25, -0.2) is 12.7 Å². The van der Waals surface area contributed by atoms with Gasteiger partial charge in [0, 0.05) is 32.9 Å². The van der Waals surface area contributed by atoms with Crippen LogP contribution in [-0.4, -0.2) is 43.5 Å². The van der Waals surface area contributed by atoms with E-state index in [9.17, 15) is 18.0 Å². The Balaban J connectivity index is 1.91. The summed E-state index contributed by atoms with van der Waals surface area (Å²) in [6.07, 6.45) is 3.60. The highest BCUT2D eigenvalue weighted by atomic mass is 32.2. The smallest absolute Gasteiger partial charge is 0.242 e. The minimum absolute atomic E-state index is 0.0457. The Morgan fingerprint density at radius 2 is 1.81 bits per heavy atom. The molecule has 0 radical (unpaired) electrons. The maximum Gasteiger partial charge on any atom is 0.242 e. The molecule has 7 nitrogen and oxygen atoms in total. The lowest BCUT2D eigenvalue weighted by Crippen LogP contribution is -2.33. The van der Waals surface area contributed by atoms with Crippen LogP contribution in [0.15, 0.2) is 47.5 Å². The van der Waals surface area contributed by atoms with Gasteiger partial charge in [0.1, 0.15) is 0 Å². The molecule has 1 N–H and O–H groups in total. The third-order valence-corrected chi connectivity index (χ3v) is 7.33. The Labute approximate surface area is 183 Å². The number of nitrogens with one attached hydrogen (secondary N) is 1. The summed E-state index contributed by atoms with van der Waals surface area (Å²) in [6, 6.07) is 10.3. The number of anilines is 1. The highest BCUT2D eigenvalue weighted by Gasteiger charge is 2.28. The molecule has 3 rings (SSSR count). The molecule has 1 atom stereocenters. The molecule has 1 aliphatic heterocycles. The summed E-state index contributed by atoms with van der Waals surface area (Å²) in [5, 5.41) is 2.86. The normalized spacial score (nSPS) is 15.7. The summed E-state index contributed by atoms with van der Waals surface area (Å²) in [6.45, 7) is 5.10. The molecular weight excluding hydrogens is 414 g/mol. The number of amides is 2. The Hall–Kier alpha value is -2.97. The summed E-state index contributed by atoms with van der Waals surface area (Å²) in [4.78, 5) is 26.8. The van der Waals surface area contributed by atoms with Crippen LogP contribution < -0.4 is 5.32 Å². The topological polar surface area (TPSA) is 86.8 Å². The van der Waals surface area contributed by atoms with Gasteiger partial charge < -0.3 is 10.2 Å². The number of rotatable bonds is 5. The van der Waals surface area contributed by atoms with Crippen molar-refractivity contribution in [3.63, 3.8) is 0 Å². The van der Waals surface area contributed by atoms with Gasteiger partial charge in [0.2, 0.25) is 21.8 Å². The summed E-state index contributed by atoms with van der Waals surface area (Å²) >= 11 is 0. The van der Waals surface area contributed by atoms with Crippen LogP contribution in [0.1, 0.15) is 41.6 Å². The number of hydrogen-bond donors (Lipinski definition) is 1. The van der Waals surface area contributed by atoms with Crippen LogP contribution in [-0.2, 0) is 19.6 Å². The van der Waals surface area contributed by atoms with Crippen molar-refractivity contribution < 1.29 is 18.0 Å². The molecule has 0 aliphatic carbocycles. The largest absolute Gasteiger partial charge is 0.326 e. The summed E-state index contributed by atoms with van der Waals surface area (Å²) < 4.78 is 26.3. The molecule has 0 saturated carbocycles. The van der Waals surface area contributed by atoms with Gasteiger partial charge in [0.05, 0.1) is 17.4 Å². The first-order valence-corrected chi connectivity index (χ1v) is 11.4.